The molecule has 0 saturated carbocycles. The zero-order valence-electron chi connectivity index (χ0n) is 7.30. The average molecular weight is 158 g/mol. The number of rotatable bonds is 1. The first-order valence-corrected chi connectivity index (χ1v) is 3.40. The van der Waals surface area contributed by atoms with Gasteiger partial charge in [0, 0.05) is 5.41 Å². The summed E-state index contributed by atoms with van der Waals surface area (Å²) in [6.07, 6.45) is 0. The van der Waals surface area contributed by atoms with Crippen LogP contribution in [0.1, 0.15) is 27.7 Å². The van der Waals surface area contributed by atoms with Crippen LogP contribution in [0.4, 0.5) is 0 Å². The Morgan fingerprint density at radius 3 is 1.64 bits per heavy atom. The summed E-state index contributed by atoms with van der Waals surface area (Å²) in [5, 5.41) is 17.8. The number of hydrogen-bond donors (Lipinski definition) is 2. The van der Waals surface area contributed by atoms with E-state index < -0.39 is 11.4 Å². The van der Waals surface area contributed by atoms with Crippen molar-refractivity contribution in [3.63, 3.8) is 0 Å². The normalized spacial score (nSPS) is 14.2. The number of aliphatic hydroxyl groups excluding tert-OH is 1. The summed E-state index contributed by atoms with van der Waals surface area (Å²) < 4.78 is 0. The van der Waals surface area contributed by atoms with Gasteiger partial charge < -0.3 is 10.2 Å². The summed E-state index contributed by atoms with van der Waals surface area (Å²) in [4.78, 5) is 10.4. The van der Waals surface area contributed by atoms with Crippen molar-refractivity contribution in [2.45, 2.75) is 27.7 Å². The first-order valence-electron chi connectivity index (χ1n) is 3.40. The largest absolute Gasteiger partial charge is 0.511 e. The first-order chi connectivity index (χ1) is 4.76. The third kappa shape index (κ3) is 2.62. The lowest BCUT2D eigenvalue weighted by Gasteiger charge is -2.18. The molecule has 0 atom stereocenters. The van der Waals surface area contributed by atoms with Gasteiger partial charge in [0.1, 0.15) is 5.76 Å². The fraction of sp³-hybridized carbons (Fsp3) is 0.625. The van der Waals surface area contributed by atoms with Crippen LogP contribution >= 0.6 is 0 Å². The van der Waals surface area contributed by atoms with Crippen molar-refractivity contribution >= 4 is 5.97 Å². The maximum atomic E-state index is 10.4. The van der Waals surface area contributed by atoms with Crippen molar-refractivity contribution in [3.8, 4) is 0 Å². The van der Waals surface area contributed by atoms with Crippen molar-refractivity contribution in [1.82, 2.24) is 0 Å². The maximum Gasteiger partial charge on any atom is 0.334 e. The molecule has 0 saturated heterocycles. The maximum absolute atomic E-state index is 10.4. The Morgan fingerprint density at radius 1 is 1.18 bits per heavy atom. The van der Waals surface area contributed by atoms with Gasteiger partial charge >= 0.3 is 5.97 Å². The van der Waals surface area contributed by atoms with E-state index in [4.69, 9.17) is 5.11 Å². The number of carboxylic acids is 1. The smallest absolute Gasteiger partial charge is 0.334 e. The molecule has 0 aliphatic heterocycles. The average Bonchev–Trinajstić information content (AvgIpc) is 1.82. The van der Waals surface area contributed by atoms with Crippen molar-refractivity contribution in [2.75, 3.05) is 0 Å². The predicted molar refractivity (Wildman–Crippen MR) is 42.4 cm³/mol. The zero-order valence-corrected chi connectivity index (χ0v) is 7.30. The number of aliphatic carboxylic acids is 1. The standard InChI is InChI=1S/C8H14O3/c1-5(7(10)11)6(9)8(2,3)4/h9H,1-4H3,(H,10,11). The predicted octanol–water partition coefficient (Wildman–Crippen LogP) is 1.95. The van der Waals surface area contributed by atoms with Gasteiger partial charge in [0.05, 0.1) is 5.57 Å². The zero-order chi connectivity index (χ0) is 9.23. The minimum absolute atomic E-state index is 0.0116. The highest BCUT2D eigenvalue weighted by Crippen LogP contribution is 2.25. The fourth-order valence-corrected chi connectivity index (χ4v) is 0.664. The van der Waals surface area contributed by atoms with E-state index in [-0.39, 0.29) is 11.3 Å². The van der Waals surface area contributed by atoms with Gasteiger partial charge in [-0.05, 0) is 6.92 Å². The molecule has 0 rings (SSSR count). The van der Waals surface area contributed by atoms with Gasteiger partial charge in [-0.15, -0.1) is 0 Å². The summed E-state index contributed by atoms with van der Waals surface area (Å²) in [5.41, 5.74) is -0.472. The van der Waals surface area contributed by atoms with E-state index in [2.05, 4.69) is 0 Å². The molecule has 0 amide bonds. The van der Waals surface area contributed by atoms with Crippen LogP contribution in [-0.2, 0) is 4.79 Å². The molecular weight excluding hydrogens is 144 g/mol. The Kier molecular flexibility index (Phi) is 2.68. The highest BCUT2D eigenvalue weighted by Gasteiger charge is 2.21. The summed E-state index contributed by atoms with van der Waals surface area (Å²) in [7, 11) is 0. The third-order valence-electron chi connectivity index (χ3n) is 1.39. The number of hydrogen-bond acceptors (Lipinski definition) is 2. The van der Waals surface area contributed by atoms with E-state index in [1.807, 2.05) is 0 Å². The minimum atomic E-state index is -1.07. The molecule has 0 heterocycles. The molecule has 64 valence electrons. The molecule has 0 fully saturated rings. The van der Waals surface area contributed by atoms with Gasteiger partial charge in [0.25, 0.3) is 0 Å². The second-order valence-corrected chi connectivity index (χ2v) is 3.53. The molecule has 3 nitrogen and oxygen atoms in total. The Hall–Kier alpha value is -0.990. The highest BCUT2D eigenvalue weighted by molar-refractivity contribution is 5.86. The molecule has 0 spiro atoms. The van der Waals surface area contributed by atoms with E-state index in [1.54, 1.807) is 20.8 Å². The first kappa shape index (κ1) is 10.0. The minimum Gasteiger partial charge on any atom is -0.511 e. The van der Waals surface area contributed by atoms with E-state index in [0.29, 0.717) is 0 Å². The van der Waals surface area contributed by atoms with Crippen molar-refractivity contribution in [1.29, 1.82) is 0 Å². The lowest BCUT2D eigenvalue weighted by molar-refractivity contribution is -0.132. The van der Waals surface area contributed by atoms with E-state index >= 15 is 0 Å². The SMILES string of the molecule is CC(C(=O)O)=C(O)C(C)(C)C. The lowest BCUT2D eigenvalue weighted by atomic mass is 9.91. The monoisotopic (exact) mass is 158 g/mol. The molecule has 2 N–H and O–H groups in total. The molecule has 0 aliphatic carbocycles. The Labute approximate surface area is 66.4 Å². The fourth-order valence-electron chi connectivity index (χ4n) is 0.664. The quantitative estimate of drug-likeness (QED) is 0.453. The Bertz CT molecular complexity index is 196. The Balaban J connectivity index is 4.82. The molecular formula is C8H14O3. The van der Waals surface area contributed by atoms with Gasteiger partial charge in [-0.25, -0.2) is 4.79 Å². The number of carboxylic acid groups (broad SMARTS) is 1. The summed E-state index contributed by atoms with van der Waals surface area (Å²) in [6.45, 7) is 6.67. The number of carbonyl (C=O) groups is 1. The molecule has 0 radical (unpaired) electrons. The highest BCUT2D eigenvalue weighted by atomic mass is 16.4. The topological polar surface area (TPSA) is 57.5 Å². The van der Waals surface area contributed by atoms with E-state index in [9.17, 15) is 9.90 Å². The molecule has 0 aromatic heterocycles. The molecule has 0 aliphatic rings. The van der Waals surface area contributed by atoms with E-state index in [0.717, 1.165) is 0 Å². The molecule has 11 heavy (non-hydrogen) atoms. The summed E-state index contributed by atoms with van der Waals surface area (Å²) in [5.74, 6) is -1.14. The molecule has 3 heteroatoms. The van der Waals surface area contributed by atoms with Gasteiger partial charge in [0.2, 0.25) is 0 Å². The van der Waals surface area contributed by atoms with Crippen molar-refractivity contribution < 1.29 is 15.0 Å². The molecule has 0 aromatic carbocycles. The van der Waals surface area contributed by atoms with Crippen molar-refractivity contribution in [3.05, 3.63) is 11.3 Å². The molecule has 0 unspecified atom stereocenters. The molecule has 0 bridgehead atoms. The van der Waals surface area contributed by atoms with Gasteiger partial charge in [-0.3, -0.25) is 0 Å². The van der Waals surface area contributed by atoms with Gasteiger partial charge in [-0.2, -0.15) is 0 Å². The van der Waals surface area contributed by atoms with Crippen LogP contribution in [0.2, 0.25) is 0 Å². The third-order valence-corrected chi connectivity index (χ3v) is 1.39. The summed E-state index contributed by atoms with van der Waals surface area (Å²) in [6, 6.07) is 0. The second-order valence-electron chi connectivity index (χ2n) is 3.53. The van der Waals surface area contributed by atoms with Crippen LogP contribution in [0.15, 0.2) is 11.3 Å². The second kappa shape index (κ2) is 2.95. The lowest BCUT2D eigenvalue weighted by Crippen LogP contribution is -2.14. The number of allylic oxidation sites excluding steroid dienone is 1. The molecule has 0 aromatic rings. The Morgan fingerprint density at radius 2 is 1.55 bits per heavy atom. The van der Waals surface area contributed by atoms with Crippen LogP contribution < -0.4 is 0 Å². The number of aliphatic hydroxyl groups is 1. The summed E-state index contributed by atoms with van der Waals surface area (Å²) >= 11 is 0. The van der Waals surface area contributed by atoms with Crippen LogP contribution in [0.3, 0.4) is 0 Å². The van der Waals surface area contributed by atoms with E-state index in [1.165, 1.54) is 6.92 Å². The van der Waals surface area contributed by atoms with Crippen LogP contribution in [0.5, 0.6) is 0 Å². The van der Waals surface area contributed by atoms with Crippen LogP contribution in [-0.4, -0.2) is 16.2 Å². The van der Waals surface area contributed by atoms with Crippen LogP contribution in [0, 0.1) is 5.41 Å². The van der Waals surface area contributed by atoms with Gasteiger partial charge in [0.15, 0.2) is 0 Å². The van der Waals surface area contributed by atoms with Crippen molar-refractivity contribution in [2.24, 2.45) is 5.41 Å². The van der Waals surface area contributed by atoms with Gasteiger partial charge in [-0.1, -0.05) is 20.8 Å². The van der Waals surface area contributed by atoms with Crippen LogP contribution in [0.25, 0.3) is 0 Å².